The van der Waals surface area contributed by atoms with Crippen LogP contribution in [0.25, 0.3) is 11.3 Å². The second kappa shape index (κ2) is 9.41. The van der Waals surface area contributed by atoms with Gasteiger partial charge in [-0.3, -0.25) is 14.6 Å². The molecule has 194 valence electrons. The van der Waals surface area contributed by atoms with Gasteiger partial charge in [0.2, 0.25) is 0 Å². The number of hydrogen-bond acceptors (Lipinski definition) is 6. The van der Waals surface area contributed by atoms with E-state index in [0.29, 0.717) is 40.6 Å². The number of primary amides is 1. The van der Waals surface area contributed by atoms with E-state index in [0.717, 1.165) is 23.4 Å². The second-order valence-electron chi connectivity index (χ2n) is 10.7. The zero-order valence-electron chi connectivity index (χ0n) is 22.2. The van der Waals surface area contributed by atoms with Crippen molar-refractivity contribution >= 4 is 29.1 Å². The first kappa shape index (κ1) is 25.1. The summed E-state index contributed by atoms with van der Waals surface area (Å²) in [7, 11) is 0. The molecule has 0 atom stereocenters. The van der Waals surface area contributed by atoms with E-state index >= 15 is 0 Å². The summed E-state index contributed by atoms with van der Waals surface area (Å²) in [4.78, 5) is 34.2. The molecule has 1 aromatic carbocycles. The number of fused-ring (bicyclic) bond motifs is 2. The van der Waals surface area contributed by atoms with Gasteiger partial charge < -0.3 is 16.4 Å². The Balaban J connectivity index is 1.48. The van der Waals surface area contributed by atoms with Crippen LogP contribution < -0.4 is 16.4 Å². The van der Waals surface area contributed by atoms with Crippen molar-refractivity contribution in [1.29, 1.82) is 0 Å². The van der Waals surface area contributed by atoms with Crippen LogP contribution in [0.2, 0.25) is 0 Å². The van der Waals surface area contributed by atoms with Crippen molar-refractivity contribution in [2.75, 3.05) is 10.6 Å². The van der Waals surface area contributed by atoms with Gasteiger partial charge in [0, 0.05) is 29.7 Å². The Labute approximate surface area is 221 Å². The van der Waals surface area contributed by atoms with Crippen molar-refractivity contribution in [1.82, 2.24) is 19.7 Å². The average Bonchev–Trinajstić information content (AvgIpc) is 3.11. The molecule has 9 heteroatoms. The van der Waals surface area contributed by atoms with E-state index in [4.69, 9.17) is 10.8 Å². The maximum atomic E-state index is 12.9. The Kier molecular flexibility index (Phi) is 6.22. The highest BCUT2D eigenvalue weighted by molar-refractivity contribution is 6.05. The minimum absolute atomic E-state index is 0.0327. The number of carbonyl (C=O) groups excluding carboxylic acids is 2. The van der Waals surface area contributed by atoms with Crippen LogP contribution in [-0.4, -0.2) is 31.6 Å². The van der Waals surface area contributed by atoms with Gasteiger partial charge in [0.1, 0.15) is 28.6 Å². The summed E-state index contributed by atoms with van der Waals surface area (Å²) in [6.45, 7) is 10.8. The number of nitrogens with zero attached hydrogens (tertiary/aromatic N) is 4. The molecular formula is C29H31N7O2. The van der Waals surface area contributed by atoms with E-state index in [1.807, 2.05) is 25.1 Å². The number of pyridine rings is 2. The summed E-state index contributed by atoms with van der Waals surface area (Å²) in [5, 5.41) is 10.9. The summed E-state index contributed by atoms with van der Waals surface area (Å²) in [5.41, 5.74) is 12.3. The van der Waals surface area contributed by atoms with Gasteiger partial charge in [-0.05, 0) is 66.6 Å². The summed E-state index contributed by atoms with van der Waals surface area (Å²) in [6.07, 6.45) is 2.30. The summed E-state index contributed by atoms with van der Waals surface area (Å²) in [6, 6.07) is 13.6. The molecule has 0 saturated heterocycles. The molecule has 0 unspecified atom stereocenters. The normalized spacial score (nSPS) is 12.7. The Morgan fingerprint density at radius 2 is 1.89 bits per heavy atom. The molecule has 4 heterocycles. The first-order chi connectivity index (χ1) is 18.0. The number of nitrogens with two attached hydrogens (primary N) is 1. The lowest BCUT2D eigenvalue weighted by Crippen LogP contribution is -2.16. The zero-order chi connectivity index (χ0) is 27.2. The topological polar surface area (TPSA) is 128 Å². The van der Waals surface area contributed by atoms with E-state index in [1.54, 1.807) is 29.9 Å². The van der Waals surface area contributed by atoms with Crippen LogP contribution in [0.4, 0.5) is 17.3 Å². The minimum Gasteiger partial charge on any atom is -0.365 e. The molecule has 9 nitrogen and oxygen atoms in total. The second-order valence-corrected chi connectivity index (χ2v) is 10.7. The molecule has 3 aromatic heterocycles. The lowest BCUT2D eigenvalue weighted by atomic mass is 9.85. The number of anilines is 3. The fourth-order valence-electron chi connectivity index (χ4n) is 4.66. The zero-order valence-corrected chi connectivity index (χ0v) is 22.2. The van der Waals surface area contributed by atoms with Gasteiger partial charge in [-0.1, -0.05) is 39.0 Å². The van der Waals surface area contributed by atoms with Gasteiger partial charge in [0.25, 0.3) is 11.8 Å². The highest BCUT2D eigenvalue weighted by Gasteiger charge is 2.27. The van der Waals surface area contributed by atoms with Gasteiger partial charge in [0.15, 0.2) is 0 Å². The molecule has 4 aromatic rings. The third-order valence-electron chi connectivity index (χ3n) is 6.71. The Bertz CT molecular complexity index is 1580. The van der Waals surface area contributed by atoms with Crippen LogP contribution >= 0.6 is 0 Å². The van der Waals surface area contributed by atoms with E-state index in [1.165, 1.54) is 5.56 Å². The predicted octanol–water partition coefficient (Wildman–Crippen LogP) is 4.91. The molecule has 5 rings (SSSR count). The first-order valence-corrected chi connectivity index (χ1v) is 12.5. The highest BCUT2D eigenvalue weighted by atomic mass is 16.2. The van der Waals surface area contributed by atoms with Crippen LogP contribution in [-0.2, 0) is 18.4 Å². The highest BCUT2D eigenvalue weighted by Crippen LogP contribution is 2.36. The standard InChI is InChI=1S/C29H31N7O2/c1-16-13-19(15-31-24(16)28(38)34-22-8-6-7-17(2)32-22)25-23(26(30)37)27-33-21-10-9-20(29(3,4)5)14-18(21)11-12-36(27)35-25/h6-10,13-15,33H,11-12H2,1-5H3,(H2,30,37)(H,32,34,38). The fourth-order valence-corrected chi connectivity index (χ4v) is 4.66. The maximum Gasteiger partial charge on any atom is 0.275 e. The van der Waals surface area contributed by atoms with Crippen LogP contribution in [0.1, 0.15) is 64.0 Å². The molecule has 0 fully saturated rings. The summed E-state index contributed by atoms with van der Waals surface area (Å²) < 4.78 is 1.78. The Hall–Kier alpha value is -4.53. The Morgan fingerprint density at radius 1 is 1.11 bits per heavy atom. The molecule has 1 aliphatic heterocycles. The van der Waals surface area contributed by atoms with E-state index in [9.17, 15) is 9.59 Å². The number of amides is 2. The smallest absolute Gasteiger partial charge is 0.275 e. The average molecular weight is 510 g/mol. The van der Waals surface area contributed by atoms with Gasteiger partial charge in [-0.2, -0.15) is 5.10 Å². The third-order valence-corrected chi connectivity index (χ3v) is 6.71. The largest absolute Gasteiger partial charge is 0.365 e. The van der Waals surface area contributed by atoms with Gasteiger partial charge in [0.05, 0.1) is 0 Å². The van der Waals surface area contributed by atoms with Crippen LogP contribution in [0.15, 0.2) is 48.7 Å². The van der Waals surface area contributed by atoms with Gasteiger partial charge in [-0.25, -0.2) is 9.67 Å². The predicted molar refractivity (Wildman–Crippen MR) is 148 cm³/mol. The van der Waals surface area contributed by atoms with Crippen LogP contribution in [0, 0.1) is 13.8 Å². The maximum absolute atomic E-state index is 12.9. The molecule has 0 aliphatic carbocycles. The lowest BCUT2D eigenvalue weighted by Gasteiger charge is -2.21. The fraction of sp³-hybridized carbons (Fsp3) is 0.276. The van der Waals surface area contributed by atoms with Crippen molar-refractivity contribution in [2.24, 2.45) is 5.73 Å². The van der Waals surface area contributed by atoms with Crippen molar-refractivity contribution in [3.8, 4) is 11.3 Å². The molecule has 0 saturated carbocycles. The molecular weight excluding hydrogens is 478 g/mol. The number of rotatable bonds is 4. The Morgan fingerprint density at radius 3 is 2.58 bits per heavy atom. The van der Waals surface area contributed by atoms with Crippen LogP contribution in [0.5, 0.6) is 0 Å². The monoisotopic (exact) mass is 509 g/mol. The number of aromatic nitrogens is 4. The van der Waals surface area contributed by atoms with Gasteiger partial charge in [-0.15, -0.1) is 0 Å². The summed E-state index contributed by atoms with van der Waals surface area (Å²) in [5.74, 6) is 0.0548. The molecule has 38 heavy (non-hydrogen) atoms. The number of carbonyl (C=O) groups is 2. The molecule has 1 aliphatic rings. The van der Waals surface area contributed by atoms with Crippen LogP contribution in [0.3, 0.4) is 0 Å². The number of benzene rings is 1. The first-order valence-electron chi connectivity index (χ1n) is 12.5. The van der Waals surface area contributed by atoms with E-state index in [-0.39, 0.29) is 17.0 Å². The van der Waals surface area contributed by atoms with E-state index < -0.39 is 5.91 Å². The molecule has 0 radical (unpaired) electrons. The van der Waals surface area contributed by atoms with Crippen molar-refractivity contribution in [3.05, 3.63) is 82.3 Å². The number of hydrogen-bond donors (Lipinski definition) is 3. The minimum atomic E-state index is -0.589. The van der Waals surface area contributed by atoms with Crippen molar-refractivity contribution in [2.45, 2.75) is 53.0 Å². The molecule has 4 N–H and O–H groups in total. The van der Waals surface area contributed by atoms with E-state index in [2.05, 4.69) is 53.5 Å². The summed E-state index contributed by atoms with van der Waals surface area (Å²) >= 11 is 0. The molecule has 0 bridgehead atoms. The molecule has 2 amide bonds. The SMILES string of the molecule is Cc1cccc(NC(=O)c2ncc(-c3nn4c(c3C(N)=O)Nc3ccc(C(C)(C)C)cc3CC4)cc2C)n1. The number of nitrogens with one attached hydrogen (secondary N) is 2. The van der Waals surface area contributed by atoms with Crippen molar-refractivity contribution < 1.29 is 9.59 Å². The van der Waals surface area contributed by atoms with Gasteiger partial charge >= 0.3 is 0 Å². The number of aryl methyl sites for hydroxylation is 4. The third kappa shape index (κ3) is 4.74. The van der Waals surface area contributed by atoms with Crippen molar-refractivity contribution in [3.63, 3.8) is 0 Å². The quantitative estimate of drug-likeness (QED) is 0.359. The lowest BCUT2D eigenvalue weighted by molar-refractivity contribution is 0.0997. The molecule has 0 spiro atoms.